The molecule has 2 fully saturated rings. The van der Waals surface area contributed by atoms with Crippen LogP contribution >= 0.6 is 0 Å². The molecule has 1 atom stereocenters. The number of benzene rings is 1. The quantitative estimate of drug-likeness (QED) is 0.843. The van der Waals surface area contributed by atoms with Crippen molar-refractivity contribution in [1.29, 1.82) is 0 Å². The monoisotopic (exact) mass is 364 g/mol. The van der Waals surface area contributed by atoms with Crippen LogP contribution in [0.5, 0.6) is 5.75 Å². The van der Waals surface area contributed by atoms with E-state index in [0.717, 1.165) is 39.1 Å². The van der Waals surface area contributed by atoms with Crippen LogP contribution in [0.4, 0.5) is 4.39 Å². The first-order chi connectivity index (χ1) is 12.6. The molecule has 0 spiro atoms. The average molecular weight is 364 g/mol. The molecule has 1 saturated heterocycles. The molecule has 6 heteroatoms. The molecule has 1 aliphatic heterocycles. The summed E-state index contributed by atoms with van der Waals surface area (Å²) >= 11 is 0. The van der Waals surface area contributed by atoms with E-state index < -0.39 is 6.10 Å². The first-order valence-electron chi connectivity index (χ1n) is 9.62. The number of carbonyl (C=O) groups excluding carboxylic acids is 1. The molecule has 1 aliphatic carbocycles. The summed E-state index contributed by atoms with van der Waals surface area (Å²) in [6, 6.07) is 5.73. The second-order valence-electron chi connectivity index (χ2n) is 7.32. The fourth-order valence-corrected chi connectivity index (χ4v) is 4.02. The second kappa shape index (κ2) is 8.82. The number of hydrogen-bond acceptors (Lipinski definition) is 4. The summed E-state index contributed by atoms with van der Waals surface area (Å²) < 4.78 is 24.1. The van der Waals surface area contributed by atoms with Gasteiger partial charge in [-0.05, 0) is 44.0 Å². The van der Waals surface area contributed by atoms with Gasteiger partial charge in [0.2, 0.25) is 0 Å². The topological polar surface area (TPSA) is 50.8 Å². The average Bonchev–Trinajstić information content (AvgIpc) is 2.69. The first-order valence-corrected chi connectivity index (χ1v) is 9.62. The van der Waals surface area contributed by atoms with Crippen LogP contribution in [0.2, 0.25) is 0 Å². The Hall–Kier alpha value is -1.66. The Kier molecular flexibility index (Phi) is 6.48. The highest BCUT2D eigenvalue weighted by Gasteiger charge is 2.39. The molecular weight excluding hydrogens is 335 g/mol. The van der Waals surface area contributed by atoms with E-state index in [4.69, 9.17) is 9.47 Å². The number of hydrogen-bond donors (Lipinski definition) is 1. The summed E-state index contributed by atoms with van der Waals surface area (Å²) in [4.78, 5) is 15.0. The maximum atomic E-state index is 13.0. The number of ether oxygens (including phenoxy) is 2. The van der Waals surface area contributed by atoms with Gasteiger partial charge in [0.05, 0.1) is 13.2 Å². The summed E-state index contributed by atoms with van der Waals surface area (Å²) in [5.41, 5.74) is 0.0350. The van der Waals surface area contributed by atoms with Gasteiger partial charge in [-0.2, -0.15) is 0 Å². The first kappa shape index (κ1) is 19.1. The fourth-order valence-electron chi connectivity index (χ4n) is 4.02. The predicted octanol–water partition coefficient (Wildman–Crippen LogP) is 2.74. The fraction of sp³-hybridized carbons (Fsp3) is 0.650. The molecule has 1 N–H and O–H groups in total. The third kappa shape index (κ3) is 4.74. The zero-order chi connectivity index (χ0) is 18.4. The van der Waals surface area contributed by atoms with Gasteiger partial charge in [0.25, 0.3) is 5.91 Å². The maximum Gasteiger partial charge on any atom is 0.260 e. The molecule has 0 radical (unpaired) electrons. The van der Waals surface area contributed by atoms with Crippen molar-refractivity contribution in [2.45, 2.75) is 50.7 Å². The molecule has 1 aromatic carbocycles. The van der Waals surface area contributed by atoms with Crippen molar-refractivity contribution in [1.82, 2.24) is 10.2 Å². The van der Waals surface area contributed by atoms with Crippen molar-refractivity contribution in [2.75, 3.05) is 32.8 Å². The number of amides is 1. The van der Waals surface area contributed by atoms with E-state index in [0.29, 0.717) is 12.3 Å². The Balaban J connectivity index is 1.57. The number of carbonyl (C=O) groups is 1. The summed E-state index contributed by atoms with van der Waals surface area (Å²) in [7, 11) is 0. The van der Waals surface area contributed by atoms with Crippen LogP contribution in [0.1, 0.15) is 39.0 Å². The highest BCUT2D eigenvalue weighted by atomic mass is 19.1. The van der Waals surface area contributed by atoms with Crippen LogP contribution in [0, 0.1) is 5.82 Å². The Bertz CT molecular complexity index is 581. The predicted molar refractivity (Wildman–Crippen MR) is 97.7 cm³/mol. The lowest BCUT2D eigenvalue weighted by Crippen LogP contribution is -2.60. The Morgan fingerprint density at radius 3 is 2.54 bits per heavy atom. The highest BCUT2D eigenvalue weighted by molar-refractivity contribution is 5.80. The molecule has 26 heavy (non-hydrogen) atoms. The lowest BCUT2D eigenvalue weighted by Gasteiger charge is -2.48. The van der Waals surface area contributed by atoms with Crippen molar-refractivity contribution in [3.63, 3.8) is 0 Å². The minimum atomic E-state index is -0.620. The molecule has 5 nitrogen and oxygen atoms in total. The standard InChI is InChI=1S/C20H29FN2O3/c1-16(26-18-7-5-17(21)6-8-18)19(24)22-15-20(9-3-2-4-10-20)23-11-13-25-14-12-23/h5-8,16H,2-4,9-15H2,1H3,(H,22,24)/t16-/m0/s1. The van der Waals surface area contributed by atoms with E-state index in [-0.39, 0.29) is 17.3 Å². The molecule has 2 aliphatic rings. The SMILES string of the molecule is C[C@H](Oc1ccc(F)cc1)C(=O)NCC1(N2CCOCC2)CCCCC1. The molecule has 1 amide bonds. The molecule has 0 unspecified atom stereocenters. The van der Waals surface area contributed by atoms with E-state index in [1.807, 2.05) is 0 Å². The third-order valence-electron chi connectivity index (χ3n) is 5.55. The van der Waals surface area contributed by atoms with E-state index >= 15 is 0 Å². The number of nitrogens with one attached hydrogen (secondary N) is 1. The van der Waals surface area contributed by atoms with Gasteiger partial charge in [0, 0.05) is 25.2 Å². The van der Waals surface area contributed by atoms with Gasteiger partial charge in [-0.1, -0.05) is 19.3 Å². The van der Waals surface area contributed by atoms with Crippen LogP contribution in [0.15, 0.2) is 24.3 Å². The van der Waals surface area contributed by atoms with Crippen LogP contribution in [-0.2, 0) is 9.53 Å². The summed E-state index contributed by atoms with van der Waals surface area (Å²) in [5.74, 6) is 0.0429. The van der Waals surface area contributed by atoms with Crippen molar-refractivity contribution in [3.8, 4) is 5.75 Å². The van der Waals surface area contributed by atoms with Crippen molar-refractivity contribution >= 4 is 5.91 Å². The highest BCUT2D eigenvalue weighted by Crippen LogP contribution is 2.33. The third-order valence-corrected chi connectivity index (χ3v) is 5.55. The second-order valence-corrected chi connectivity index (χ2v) is 7.32. The van der Waals surface area contributed by atoms with Crippen molar-refractivity contribution in [2.24, 2.45) is 0 Å². The van der Waals surface area contributed by atoms with Crippen LogP contribution < -0.4 is 10.1 Å². The minimum Gasteiger partial charge on any atom is -0.481 e. The molecule has 0 bridgehead atoms. The number of morpholine rings is 1. The molecular formula is C20H29FN2O3. The van der Waals surface area contributed by atoms with E-state index in [2.05, 4.69) is 10.2 Å². The molecule has 1 saturated carbocycles. The van der Waals surface area contributed by atoms with Crippen molar-refractivity contribution < 1.29 is 18.7 Å². The zero-order valence-electron chi connectivity index (χ0n) is 15.5. The molecule has 144 valence electrons. The Morgan fingerprint density at radius 2 is 1.88 bits per heavy atom. The number of rotatable bonds is 6. The van der Waals surface area contributed by atoms with Gasteiger partial charge in [0.15, 0.2) is 6.10 Å². The maximum absolute atomic E-state index is 13.0. The number of nitrogens with zero attached hydrogens (tertiary/aromatic N) is 1. The lowest BCUT2D eigenvalue weighted by atomic mass is 9.79. The van der Waals surface area contributed by atoms with Gasteiger partial charge < -0.3 is 14.8 Å². The molecule has 0 aromatic heterocycles. The van der Waals surface area contributed by atoms with Crippen molar-refractivity contribution in [3.05, 3.63) is 30.1 Å². The minimum absolute atomic E-state index is 0.0350. The molecule has 3 rings (SSSR count). The van der Waals surface area contributed by atoms with Gasteiger partial charge >= 0.3 is 0 Å². The molecule has 1 aromatic rings. The molecule has 1 heterocycles. The zero-order valence-corrected chi connectivity index (χ0v) is 15.5. The number of halogens is 1. The van der Waals surface area contributed by atoms with Gasteiger partial charge in [-0.3, -0.25) is 9.69 Å². The van der Waals surface area contributed by atoms with Gasteiger partial charge in [-0.25, -0.2) is 4.39 Å². The lowest BCUT2D eigenvalue weighted by molar-refractivity contribution is -0.128. The van der Waals surface area contributed by atoms with E-state index in [1.54, 1.807) is 6.92 Å². The summed E-state index contributed by atoms with van der Waals surface area (Å²) in [5, 5.41) is 3.10. The van der Waals surface area contributed by atoms with E-state index in [9.17, 15) is 9.18 Å². The normalized spacial score (nSPS) is 21.8. The van der Waals surface area contributed by atoms with Gasteiger partial charge in [0.1, 0.15) is 11.6 Å². The van der Waals surface area contributed by atoms with Gasteiger partial charge in [-0.15, -0.1) is 0 Å². The Labute approximate surface area is 154 Å². The van der Waals surface area contributed by atoms with Crippen LogP contribution in [0.25, 0.3) is 0 Å². The summed E-state index contributed by atoms with van der Waals surface area (Å²) in [6.07, 6.45) is 5.28. The van der Waals surface area contributed by atoms with E-state index in [1.165, 1.54) is 43.5 Å². The van der Waals surface area contributed by atoms with Crippen LogP contribution in [0.3, 0.4) is 0 Å². The summed E-state index contributed by atoms with van der Waals surface area (Å²) in [6.45, 7) is 5.75. The Morgan fingerprint density at radius 1 is 1.23 bits per heavy atom. The largest absolute Gasteiger partial charge is 0.481 e. The van der Waals surface area contributed by atoms with Crippen LogP contribution in [-0.4, -0.2) is 55.3 Å². The smallest absolute Gasteiger partial charge is 0.260 e.